The molecule has 0 saturated carbocycles. The molecule has 3 aromatic rings. The molecule has 1 heterocycles. The van der Waals surface area contributed by atoms with Crippen LogP contribution in [0.1, 0.15) is 5.56 Å². The molecule has 0 bridgehead atoms. The summed E-state index contributed by atoms with van der Waals surface area (Å²) in [6.07, 6.45) is 0. The van der Waals surface area contributed by atoms with Crippen LogP contribution in [-0.2, 0) is 6.54 Å². The van der Waals surface area contributed by atoms with Gasteiger partial charge >= 0.3 is 0 Å². The van der Waals surface area contributed by atoms with Gasteiger partial charge in [-0.2, -0.15) is 0 Å². The normalized spacial score (nSPS) is 11.3. The van der Waals surface area contributed by atoms with Crippen LogP contribution in [0.3, 0.4) is 0 Å². The van der Waals surface area contributed by atoms with Gasteiger partial charge in [0.25, 0.3) is 0 Å². The third-order valence-electron chi connectivity index (χ3n) is 3.65. The molecule has 0 atom stereocenters. The maximum absolute atomic E-state index is 5.76. The van der Waals surface area contributed by atoms with Crippen molar-refractivity contribution in [2.24, 2.45) is 5.73 Å². The summed E-state index contributed by atoms with van der Waals surface area (Å²) < 4.78 is 7.64. The molecule has 0 aliphatic rings. The van der Waals surface area contributed by atoms with Crippen LogP contribution in [0.15, 0.2) is 36.4 Å². The lowest BCUT2D eigenvalue weighted by Gasteiger charge is -2.07. The van der Waals surface area contributed by atoms with Crippen molar-refractivity contribution >= 4 is 21.8 Å². The molecule has 2 N–H and O–H groups in total. The highest BCUT2D eigenvalue weighted by Gasteiger charge is 2.12. The number of hydrogen-bond acceptors (Lipinski definition) is 2. The van der Waals surface area contributed by atoms with Crippen molar-refractivity contribution < 1.29 is 4.74 Å². The zero-order valence-electron chi connectivity index (χ0n) is 11.3. The molecule has 0 unspecified atom stereocenters. The van der Waals surface area contributed by atoms with Gasteiger partial charge in [-0.05, 0) is 30.7 Å². The monoisotopic (exact) mass is 254 g/mol. The lowest BCUT2D eigenvalue weighted by Crippen LogP contribution is -2.09. The fourth-order valence-electron chi connectivity index (χ4n) is 2.81. The predicted octanol–water partition coefficient (Wildman–Crippen LogP) is 3.07. The van der Waals surface area contributed by atoms with Gasteiger partial charge in [0, 0.05) is 29.4 Å². The quantitative estimate of drug-likeness (QED) is 0.780. The first kappa shape index (κ1) is 12.1. The Morgan fingerprint density at radius 3 is 2.74 bits per heavy atom. The molecule has 3 nitrogen and oxygen atoms in total. The second-order valence-electron chi connectivity index (χ2n) is 4.79. The average Bonchev–Trinajstić information content (AvgIpc) is 2.75. The summed E-state index contributed by atoms with van der Waals surface area (Å²) in [5.74, 6) is 0.890. The van der Waals surface area contributed by atoms with Crippen molar-refractivity contribution in [3.63, 3.8) is 0 Å². The van der Waals surface area contributed by atoms with Gasteiger partial charge in [0.05, 0.1) is 12.6 Å². The molecule has 2 aromatic carbocycles. The molecule has 98 valence electrons. The van der Waals surface area contributed by atoms with E-state index in [2.05, 4.69) is 41.8 Å². The van der Waals surface area contributed by atoms with Crippen LogP contribution in [0.4, 0.5) is 0 Å². The van der Waals surface area contributed by atoms with Crippen molar-refractivity contribution in [3.05, 3.63) is 42.0 Å². The van der Waals surface area contributed by atoms with E-state index in [9.17, 15) is 0 Å². The van der Waals surface area contributed by atoms with E-state index >= 15 is 0 Å². The zero-order chi connectivity index (χ0) is 13.4. The molecule has 0 amide bonds. The summed E-state index contributed by atoms with van der Waals surface area (Å²) in [5.41, 5.74) is 9.53. The van der Waals surface area contributed by atoms with Crippen LogP contribution >= 0.6 is 0 Å². The number of ether oxygens (including phenoxy) is 1. The number of nitrogens with two attached hydrogens (primary N) is 1. The number of aryl methyl sites for hydroxylation is 1. The van der Waals surface area contributed by atoms with Crippen LogP contribution < -0.4 is 10.5 Å². The Morgan fingerprint density at radius 2 is 2.00 bits per heavy atom. The van der Waals surface area contributed by atoms with E-state index in [1.807, 2.05) is 6.07 Å². The number of benzene rings is 2. The van der Waals surface area contributed by atoms with E-state index in [-0.39, 0.29) is 0 Å². The summed E-state index contributed by atoms with van der Waals surface area (Å²) in [7, 11) is 1.70. The van der Waals surface area contributed by atoms with Gasteiger partial charge in [-0.1, -0.05) is 18.2 Å². The third-order valence-corrected chi connectivity index (χ3v) is 3.65. The van der Waals surface area contributed by atoms with Gasteiger partial charge in [-0.15, -0.1) is 0 Å². The first-order chi connectivity index (χ1) is 9.26. The molecule has 0 aliphatic heterocycles. The number of para-hydroxylation sites is 1. The minimum Gasteiger partial charge on any atom is -0.497 e. The summed E-state index contributed by atoms with van der Waals surface area (Å²) in [4.78, 5) is 0. The van der Waals surface area contributed by atoms with Gasteiger partial charge in [-0.3, -0.25) is 0 Å². The number of fused-ring (bicyclic) bond motifs is 3. The average molecular weight is 254 g/mol. The Morgan fingerprint density at radius 1 is 1.16 bits per heavy atom. The van der Waals surface area contributed by atoms with Crippen molar-refractivity contribution in [2.75, 3.05) is 13.7 Å². The van der Waals surface area contributed by atoms with Crippen molar-refractivity contribution in [1.29, 1.82) is 0 Å². The summed E-state index contributed by atoms with van der Waals surface area (Å²) in [6, 6.07) is 12.6. The first-order valence-electron chi connectivity index (χ1n) is 6.52. The molecule has 1 aromatic heterocycles. The minimum atomic E-state index is 0.638. The number of methoxy groups -OCH3 is 1. The molecule has 0 radical (unpaired) electrons. The van der Waals surface area contributed by atoms with E-state index in [0.717, 1.165) is 12.3 Å². The van der Waals surface area contributed by atoms with Crippen LogP contribution in [0.5, 0.6) is 5.75 Å². The van der Waals surface area contributed by atoms with Gasteiger partial charge < -0.3 is 15.0 Å². The SMILES string of the molecule is COc1ccc2c(c1)c1cccc(C)c1n2CCN. The number of hydrogen-bond donors (Lipinski definition) is 1. The lowest BCUT2D eigenvalue weighted by molar-refractivity contribution is 0.415. The lowest BCUT2D eigenvalue weighted by atomic mass is 10.1. The topological polar surface area (TPSA) is 40.2 Å². The molecular weight excluding hydrogens is 236 g/mol. The zero-order valence-corrected chi connectivity index (χ0v) is 11.3. The van der Waals surface area contributed by atoms with Crippen molar-refractivity contribution in [2.45, 2.75) is 13.5 Å². The molecule has 0 fully saturated rings. The summed E-state index contributed by atoms with van der Waals surface area (Å²) >= 11 is 0. The second kappa shape index (κ2) is 4.59. The highest BCUT2D eigenvalue weighted by molar-refractivity contribution is 6.09. The van der Waals surface area contributed by atoms with E-state index in [1.54, 1.807) is 7.11 Å². The maximum Gasteiger partial charge on any atom is 0.119 e. The molecule has 0 saturated heterocycles. The van der Waals surface area contributed by atoms with E-state index in [1.165, 1.54) is 27.4 Å². The molecule has 0 aliphatic carbocycles. The Kier molecular flexibility index (Phi) is 2.91. The highest BCUT2D eigenvalue weighted by Crippen LogP contribution is 2.33. The third kappa shape index (κ3) is 1.78. The number of nitrogens with zero attached hydrogens (tertiary/aromatic N) is 1. The van der Waals surface area contributed by atoms with Crippen LogP contribution in [0.2, 0.25) is 0 Å². The van der Waals surface area contributed by atoms with E-state index in [4.69, 9.17) is 10.5 Å². The molecule has 0 spiro atoms. The minimum absolute atomic E-state index is 0.638. The molecule has 19 heavy (non-hydrogen) atoms. The van der Waals surface area contributed by atoms with Crippen LogP contribution in [0.25, 0.3) is 21.8 Å². The van der Waals surface area contributed by atoms with Gasteiger partial charge in [0.15, 0.2) is 0 Å². The van der Waals surface area contributed by atoms with Gasteiger partial charge in [0.2, 0.25) is 0 Å². The summed E-state index contributed by atoms with van der Waals surface area (Å²) in [5, 5.41) is 2.49. The second-order valence-corrected chi connectivity index (χ2v) is 4.79. The van der Waals surface area contributed by atoms with E-state index in [0.29, 0.717) is 6.54 Å². The number of aromatic nitrogens is 1. The Labute approximate surface area is 112 Å². The van der Waals surface area contributed by atoms with Crippen molar-refractivity contribution in [3.8, 4) is 5.75 Å². The Balaban J connectivity index is 2.46. The van der Waals surface area contributed by atoms with Crippen LogP contribution in [0, 0.1) is 6.92 Å². The molecule has 3 rings (SSSR count). The van der Waals surface area contributed by atoms with Crippen LogP contribution in [-0.4, -0.2) is 18.2 Å². The maximum atomic E-state index is 5.76. The Bertz CT molecular complexity index is 743. The smallest absolute Gasteiger partial charge is 0.119 e. The largest absolute Gasteiger partial charge is 0.497 e. The Hall–Kier alpha value is -2.00. The van der Waals surface area contributed by atoms with Gasteiger partial charge in [-0.25, -0.2) is 0 Å². The van der Waals surface area contributed by atoms with Crippen molar-refractivity contribution in [1.82, 2.24) is 4.57 Å². The molecule has 3 heteroatoms. The standard InChI is InChI=1S/C16H18N2O/c1-11-4-3-5-13-14-10-12(19-2)6-7-15(14)18(9-8-17)16(11)13/h3-7,10H,8-9,17H2,1-2H3. The first-order valence-corrected chi connectivity index (χ1v) is 6.52. The highest BCUT2D eigenvalue weighted by atomic mass is 16.5. The van der Waals surface area contributed by atoms with E-state index < -0.39 is 0 Å². The fourth-order valence-corrected chi connectivity index (χ4v) is 2.81. The van der Waals surface area contributed by atoms with Gasteiger partial charge in [0.1, 0.15) is 5.75 Å². The summed E-state index contributed by atoms with van der Waals surface area (Å²) in [6.45, 7) is 3.61. The number of rotatable bonds is 3. The fraction of sp³-hybridized carbons (Fsp3) is 0.250. The predicted molar refractivity (Wildman–Crippen MR) is 79.8 cm³/mol. The molecular formula is C16H18N2O.